The number of nitrogens with zero attached hydrogens (tertiary/aromatic N) is 1. The number of benzene rings is 2. The van der Waals surface area contributed by atoms with Crippen molar-refractivity contribution >= 4 is 39.3 Å². The molecule has 0 saturated carbocycles. The van der Waals surface area contributed by atoms with Crippen LogP contribution in [0.15, 0.2) is 46.9 Å². The zero-order valence-electron chi connectivity index (χ0n) is 10.7. The van der Waals surface area contributed by atoms with Crippen LogP contribution in [0.5, 0.6) is 0 Å². The van der Waals surface area contributed by atoms with Gasteiger partial charge < -0.3 is 0 Å². The van der Waals surface area contributed by atoms with Gasteiger partial charge in [-0.2, -0.15) is 0 Å². The Balaban J connectivity index is 1.99. The van der Waals surface area contributed by atoms with Crippen LogP contribution < -0.4 is 4.90 Å². The summed E-state index contributed by atoms with van der Waals surface area (Å²) in [5, 5.41) is -0.226. The van der Waals surface area contributed by atoms with Gasteiger partial charge >= 0.3 is 0 Å². The van der Waals surface area contributed by atoms with Crippen molar-refractivity contribution < 1.29 is 13.6 Å². The van der Waals surface area contributed by atoms with Crippen LogP contribution in [-0.2, 0) is 4.79 Å². The van der Waals surface area contributed by atoms with Crippen LogP contribution in [0.25, 0.3) is 0 Å². The van der Waals surface area contributed by atoms with Gasteiger partial charge in [0.15, 0.2) is 0 Å². The minimum atomic E-state index is -0.378. The summed E-state index contributed by atoms with van der Waals surface area (Å²) >= 11 is 4.60. The predicted molar refractivity (Wildman–Crippen MR) is 83.2 cm³/mol. The second kappa shape index (κ2) is 5.77. The minimum Gasteiger partial charge on any atom is -0.295 e. The van der Waals surface area contributed by atoms with Crippen LogP contribution in [0.2, 0.25) is 0 Å². The molecule has 0 aliphatic carbocycles. The largest absolute Gasteiger partial charge is 0.295 e. The average Bonchev–Trinajstić information content (AvgIpc) is 2.85. The maximum Gasteiger partial charge on any atom is 0.238 e. The third-order valence-electron chi connectivity index (χ3n) is 3.20. The van der Waals surface area contributed by atoms with Crippen molar-refractivity contribution in [2.24, 2.45) is 0 Å². The van der Waals surface area contributed by atoms with Crippen LogP contribution in [-0.4, -0.2) is 11.7 Å². The third kappa shape index (κ3) is 2.82. The van der Waals surface area contributed by atoms with Crippen LogP contribution >= 0.6 is 27.7 Å². The van der Waals surface area contributed by atoms with Crippen molar-refractivity contribution in [3.05, 3.63) is 64.1 Å². The van der Waals surface area contributed by atoms with Gasteiger partial charge in [-0.15, -0.1) is 11.8 Å². The van der Waals surface area contributed by atoms with Crippen molar-refractivity contribution in [3.8, 4) is 0 Å². The molecular weight excluding hydrogens is 360 g/mol. The van der Waals surface area contributed by atoms with Crippen molar-refractivity contribution in [2.45, 2.75) is 5.37 Å². The Labute approximate surface area is 133 Å². The van der Waals surface area contributed by atoms with Gasteiger partial charge in [-0.1, -0.05) is 12.1 Å². The lowest BCUT2D eigenvalue weighted by Gasteiger charge is -2.24. The second-order valence-electron chi connectivity index (χ2n) is 4.58. The molecule has 0 bridgehead atoms. The molecule has 0 radical (unpaired) electrons. The number of carbonyl (C=O) groups is 1. The van der Waals surface area contributed by atoms with E-state index in [0.717, 1.165) is 5.56 Å². The second-order valence-corrected chi connectivity index (χ2v) is 6.50. The summed E-state index contributed by atoms with van der Waals surface area (Å²) in [6, 6.07) is 10.5. The van der Waals surface area contributed by atoms with Gasteiger partial charge in [0.1, 0.15) is 17.0 Å². The number of halogens is 3. The first-order chi connectivity index (χ1) is 10.1. The van der Waals surface area contributed by atoms with E-state index in [1.807, 2.05) is 0 Å². The quantitative estimate of drug-likeness (QED) is 0.776. The molecule has 0 aromatic heterocycles. The highest BCUT2D eigenvalue weighted by atomic mass is 79.9. The van der Waals surface area contributed by atoms with E-state index in [4.69, 9.17) is 0 Å². The molecule has 1 aliphatic rings. The van der Waals surface area contributed by atoms with Gasteiger partial charge in [0.05, 0.1) is 10.2 Å². The van der Waals surface area contributed by atoms with E-state index in [9.17, 15) is 13.6 Å². The molecular formula is C15H10BrF2NOS. The summed E-state index contributed by atoms with van der Waals surface area (Å²) in [5.74, 6) is -0.398. The zero-order valence-corrected chi connectivity index (χ0v) is 13.1. The number of thioether (sulfide) groups is 1. The average molecular weight is 370 g/mol. The van der Waals surface area contributed by atoms with Crippen LogP contribution in [0.3, 0.4) is 0 Å². The summed E-state index contributed by atoms with van der Waals surface area (Å²) in [6.07, 6.45) is 0. The van der Waals surface area contributed by atoms with Crippen molar-refractivity contribution in [2.75, 3.05) is 10.7 Å². The summed E-state index contributed by atoms with van der Waals surface area (Å²) in [5.41, 5.74) is 1.46. The maximum absolute atomic E-state index is 13.4. The summed E-state index contributed by atoms with van der Waals surface area (Å²) < 4.78 is 26.7. The van der Waals surface area contributed by atoms with Crippen LogP contribution in [0, 0.1) is 11.6 Å². The topological polar surface area (TPSA) is 20.3 Å². The molecule has 2 aromatic rings. The number of amides is 1. The fraction of sp³-hybridized carbons (Fsp3) is 0.133. The number of anilines is 1. The van der Waals surface area contributed by atoms with Crippen LogP contribution in [0.1, 0.15) is 10.9 Å². The molecule has 21 heavy (non-hydrogen) atoms. The number of rotatable bonds is 2. The Morgan fingerprint density at radius 1 is 1.14 bits per heavy atom. The Morgan fingerprint density at radius 2 is 1.86 bits per heavy atom. The first-order valence-electron chi connectivity index (χ1n) is 6.20. The first kappa shape index (κ1) is 14.5. The monoisotopic (exact) mass is 369 g/mol. The van der Waals surface area contributed by atoms with E-state index in [1.165, 1.54) is 30.0 Å². The molecule has 1 unspecified atom stereocenters. The summed E-state index contributed by atoms with van der Waals surface area (Å²) in [7, 11) is 0. The van der Waals surface area contributed by atoms with Gasteiger partial charge in [0, 0.05) is 5.69 Å². The molecule has 1 heterocycles. The molecule has 1 saturated heterocycles. The number of hydrogen-bond acceptors (Lipinski definition) is 2. The highest BCUT2D eigenvalue weighted by Gasteiger charge is 2.34. The molecule has 2 aromatic carbocycles. The molecule has 3 rings (SSSR count). The minimum absolute atomic E-state index is 0.0483. The number of carbonyl (C=O) groups excluding carboxylic acids is 1. The highest BCUT2D eigenvalue weighted by Crippen LogP contribution is 2.42. The Hall–Kier alpha value is -1.40. The molecule has 6 heteroatoms. The van der Waals surface area contributed by atoms with Gasteiger partial charge in [-0.3, -0.25) is 9.69 Å². The van der Waals surface area contributed by atoms with Crippen molar-refractivity contribution in [1.29, 1.82) is 0 Å². The van der Waals surface area contributed by atoms with Gasteiger partial charge in [-0.05, 0) is 51.8 Å². The van der Waals surface area contributed by atoms with Crippen molar-refractivity contribution in [1.82, 2.24) is 0 Å². The van der Waals surface area contributed by atoms with E-state index in [2.05, 4.69) is 15.9 Å². The molecule has 108 valence electrons. The molecule has 2 nitrogen and oxygen atoms in total. The molecule has 1 amide bonds. The fourth-order valence-corrected chi connectivity index (χ4v) is 3.76. The molecule has 0 spiro atoms. The number of hydrogen-bond donors (Lipinski definition) is 0. The van der Waals surface area contributed by atoms with Gasteiger partial charge in [0.2, 0.25) is 5.91 Å². The van der Waals surface area contributed by atoms with Crippen LogP contribution in [0.4, 0.5) is 14.5 Å². The predicted octanol–water partition coefficient (Wildman–Crippen LogP) is 4.51. The summed E-state index contributed by atoms with van der Waals surface area (Å²) in [6.45, 7) is 0. The lowest BCUT2D eigenvalue weighted by Crippen LogP contribution is -2.27. The molecule has 1 aliphatic heterocycles. The van der Waals surface area contributed by atoms with Gasteiger partial charge in [0.25, 0.3) is 0 Å². The van der Waals surface area contributed by atoms with E-state index in [0.29, 0.717) is 15.9 Å². The molecule has 1 atom stereocenters. The Bertz CT molecular complexity index is 693. The molecule has 0 N–H and O–H groups in total. The van der Waals surface area contributed by atoms with E-state index in [1.54, 1.807) is 29.2 Å². The lowest BCUT2D eigenvalue weighted by molar-refractivity contribution is -0.115. The SMILES string of the molecule is O=C1CSC(c2ccc(F)cc2)N1c1ccc(F)c(Br)c1. The van der Waals surface area contributed by atoms with Crippen molar-refractivity contribution in [3.63, 3.8) is 0 Å². The Kier molecular flexibility index (Phi) is 3.99. The van der Waals surface area contributed by atoms with E-state index < -0.39 is 0 Å². The highest BCUT2D eigenvalue weighted by molar-refractivity contribution is 9.10. The first-order valence-corrected chi connectivity index (χ1v) is 8.04. The smallest absolute Gasteiger partial charge is 0.238 e. The lowest BCUT2D eigenvalue weighted by atomic mass is 10.2. The van der Waals surface area contributed by atoms with E-state index >= 15 is 0 Å². The molecule has 1 fully saturated rings. The van der Waals surface area contributed by atoms with Gasteiger partial charge in [-0.25, -0.2) is 8.78 Å². The fourth-order valence-electron chi connectivity index (χ4n) is 2.21. The maximum atomic E-state index is 13.4. The Morgan fingerprint density at radius 3 is 2.52 bits per heavy atom. The summed E-state index contributed by atoms with van der Waals surface area (Å²) in [4.78, 5) is 13.8. The van der Waals surface area contributed by atoms with E-state index in [-0.39, 0.29) is 22.9 Å². The normalized spacial score (nSPS) is 18.3. The zero-order chi connectivity index (χ0) is 15.0. The standard InChI is InChI=1S/C15H10BrF2NOS/c16-12-7-11(5-6-13(12)18)19-14(20)8-21-15(19)9-1-3-10(17)4-2-9/h1-7,15H,8H2. The third-order valence-corrected chi connectivity index (χ3v) is 5.02.